The van der Waals surface area contributed by atoms with Gasteiger partial charge in [0, 0.05) is 19.8 Å². The van der Waals surface area contributed by atoms with Gasteiger partial charge in [-0.25, -0.2) is 4.98 Å². The molecule has 1 unspecified atom stereocenters. The van der Waals surface area contributed by atoms with E-state index in [-0.39, 0.29) is 12.5 Å². The van der Waals surface area contributed by atoms with Crippen molar-refractivity contribution in [2.24, 2.45) is 18.7 Å². The molecule has 0 aliphatic rings. The zero-order valence-electron chi connectivity index (χ0n) is 8.36. The van der Waals surface area contributed by atoms with Crippen LogP contribution in [0.3, 0.4) is 0 Å². The molecule has 1 rings (SSSR count). The number of rotatable bonds is 3. The molecule has 1 heterocycles. The normalized spacial score (nSPS) is 16.2. The predicted molar refractivity (Wildman–Crippen MR) is 51.0 cm³/mol. The summed E-state index contributed by atoms with van der Waals surface area (Å²) in [7, 11) is 1.87. The first-order valence-electron chi connectivity index (χ1n) is 4.41. The van der Waals surface area contributed by atoms with Crippen molar-refractivity contribution in [2.45, 2.75) is 19.4 Å². The van der Waals surface area contributed by atoms with Gasteiger partial charge in [-0.15, -0.1) is 0 Å². The van der Waals surface area contributed by atoms with Crippen molar-refractivity contribution >= 4 is 0 Å². The Kier molecular flexibility index (Phi) is 2.73. The Hall–Kier alpha value is -0.870. The molecule has 0 radical (unpaired) electrons. The van der Waals surface area contributed by atoms with Crippen molar-refractivity contribution in [1.29, 1.82) is 0 Å². The number of hydrogen-bond donors (Lipinski definition) is 2. The lowest BCUT2D eigenvalue weighted by molar-refractivity contribution is -0.00493. The van der Waals surface area contributed by atoms with Crippen molar-refractivity contribution in [2.75, 3.05) is 6.54 Å². The monoisotopic (exact) mass is 183 g/mol. The molecule has 3 N–H and O–H groups in total. The van der Waals surface area contributed by atoms with Crippen molar-refractivity contribution in [3.63, 3.8) is 0 Å². The highest BCUT2D eigenvalue weighted by Crippen LogP contribution is 2.26. The fraction of sp³-hybridized carbons (Fsp3) is 0.667. The van der Waals surface area contributed by atoms with Crippen LogP contribution in [0.25, 0.3) is 0 Å². The van der Waals surface area contributed by atoms with Crippen LogP contribution in [0, 0.1) is 5.92 Å². The summed E-state index contributed by atoms with van der Waals surface area (Å²) in [6.45, 7) is 4.06. The van der Waals surface area contributed by atoms with Crippen molar-refractivity contribution in [1.82, 2.24) is 9.55 Å². The van der Waals surface area contributed by atoms with Crippen molar-refractivity contribution < 1.29 is 5.11 Å². The minimum Gasteiger partial charge on any atom is -0.382 e. The Balaban J connectivity index is 3.02. The van der Waals surface area contributed by atoms with Gasteiger partial charge in [-0.2, -0.15) is 0 Å². The molecule has 0 saturated carbocycles. The fourth-order valence-electron chi connectivity index (χ4n) is 1.27. The van der Waals surface area contributed by atoms with Crippen LogP contribution >= 0.6 is 0 Å². The highest BCUT2D eigenvalue weighted by molar-refractivity contribution is 5.10. The van der Waals surface area contributed by atoms with E-state index >= 15 is 0 Å². The lowest BCUT2D eigenvalue weighted by Crippen LogP contribution is -2.40. The molecule has 1 aromatic rings. The molecule has 1 atom stereocenters. The SMILES string of the molecule is CC(C)C(O)(CN)c1cn(C)cn1. The van der Waals surface area contributed by atoms with Crippen LogP contribution in [0.5, 0.6) is 0 Å². The van der Waals surface area contributed by atoms with Gasteiger partial charge in [0.15, 0.2) is 0 Å². The van der Waals surface area contributed by atoms with Crippen molar-refractivity contribution in [3.05, 3.63) is 18.2 Å². The third-order valence-corrected chi connectivity index (χ3v) is 2.41. The first-order valence-corrected chi connectivity index (χ1v) is 4.41. The van der Waals surface area contributed by atoms with Gasteiger partial charge < -0.3 is 15.4 Å². The Morgan fingerprint density at radius 3 is 2.62 bits per heavy atom. The predicted octanol–water partition coefficient (Wildman–Crippen LogP) is 0.222. The number of aromatic nitrogens is 2. The molecule has 0 saturated heterocycles. The second-order valence-electron chi connectivity index (χ2n) is 3.71. The molecule has 0 spiro atoms. The molecule has 74 valence electrons. The average Bonchev–Trinajstić information content (AvgIpc) is 2.50. The molecule has 0 aromatic carbocycles. The van der Waals surface area contributed by atoms with E-state index in [2.05, 4.69) is 4.98 Å². The summed E-state index contributed by atoms with van der Waals surface area (Å²) in [5.41, 5.74) is 5.20. The van der Waals surface area contributed by atoms with Gasteiger partial charge in [0.2, 0.25) is 0 Å². The first kappa shape index (κ1) is 10.2. The zero-order chi connectivity index (χ0) is 10.1. The minimum absolute atomic E-state index is 0.0624. The fourth-order valence-corrected chi connectivity index (χ4v) is 1.27. The molecule has 13 heavy (non-hydrogen) atoms. The maximum atomic E-state index is 10.2. The van der Waals surface area contributed by atoms with Crippen LogP contribution in [-0.4, -0.2) is 21.2 Å². The van der Waals surface area contributed by atoms with E-state index in [1.165, 1.54) is 0 Å². The zero-order valence-corrected chi connectivity index (χ0v) is 8.36. The van der Waals surface area contributed by atoms with Crippen LogP contribution in [0.4, 0.5) is 0 Å². The summed E-state index contributed by atoms with van der Waals surface area (Å²) >= 11 is 0. The summed E-state index contributed by atoms with van der Waals surface area (Å²) in [5, 5.41) is 10.2. The molecule has 0 aliphatic heterocycles. The van der Waals surface area contributed by atoms with Crippen LogP contribution in [-0.2, 0) is 12.6 Å². The smallest absolute Gasteiger partial charge is 0.122 e. The summed E-state index contributed by atoms with van der Waals surface area (Å²) in [6.07, 6.45) is 3.46. The molecular weight excluding hydrogens is 166 g/mol. The maximum Gasteiger partial charge on any atom is 0.122 e. The number of hydrogen-bond acceptors (Lipinski definition) is 3. The number of imidazole rings is 1. The third-order valence-electron chi connectivity index (χ3n) is 2.41. The van der Waals surface area contributed by atoms with E-state index in [4.69, 9.17) is 5.73 Å². The third kappa shape index (κ3) is 1.73. The quantitative estimate of drug-likeness (QED) is 0.704. The number of nitrogens with two attached hydrogens (primary N) is 1. The summed E-state index contributed by atoms with van der Waals surface area (Å²) in [6, 6.07) is 0. The van der Waals surface area contributed by atoms with E-state index < -0.39 is 5.60 Å². The highest BCUT2D eigenvalue weighted by atomic mass is 16.3. The van der Waals surface area contributed by atoms with Gasteiger partial charge >= 0.3 is 0 Å². The standard InChI is InChI=1S/C9H17N3O/c1-7(2)9(13,5-10)8-4-12(3)6-11-8/h4,6-7,13H,5,10H2,1-3H3. The van der Waals surface area contributed by atoms with E-state index in [0.717, 1.165) is 0 Å². The minimum atomic E-state index is -0.999. The molecule has 0 amide bonds. The lowest BCUT2D eigenvalue weighted by atomic mass is 9.88. The molecule has 1 aromatic heterocycles. The molecular formula is C9H17N3O. The van der Waals surface area contributed by atoms with E-state index in [1.807, 2.05) is 20.9 Å². The largest absolute Gasteiger partial charge is 0.382 e. The molecule has 0 bridgehead atoms. The van der Waals surface area contributed by atoms with Gasteiger partial charge in [-0.05, 0) is 5.92 Å². The average molecular weight is 183 g/mol. The van der Waals surface area contributed by atoms with E-state index in [1.54, 1.807) is 17.1 Å². The molecule has 0 aliphatic carbocycles. The van der Waals surface area contributed by atoms with Gasteiger partial charge in [0.1, 0.15) is 5.60 Å². The topological polar surface area (TPSA) is 64.1 Å². The summed E-state index contributed by atoms with van der Waals surface area (Å²) in [4.78, 5) is 4.11. The van der Waals surface area contributed by atoms with Gasteiger partial charge in [0.25, 0.3) is 0 Å². The Bertz CT molecular complexity index is 282. The first-order chi connectivity index (χ1) is 6.00. The molecule has 4 heteroatoms. The Labute approximate surface area is 78.4 Å². The molecule has 4 nitrogen and oxygen atoms in total. The van der Waals surface area contributed by atoms with Gasteiger partial charge in [-0.3, -0.25) is 0 Å². The number of aliphatic hydroxyl groups is 1. The second-order valence-corrected chi connectivity index (χ2v) is 3.71. The Morgan fingerprint density at radius 1 is 1.69 bits per heavy atom. The number of aryl methyl sites for hydroxylation is 1. The van der Waals surface area contributed by atoms with Gasteiger partial charge in [0.05, 0.1) is 12.0 Å². The van der Waals surface area contributed by atoms with E-state index in [9.17, 15) is 5.11 Å². The maximum absolute atomic E-state index is 10.2. The Morgan fingerprint density at radius 2 is 2.31 bits per heavy atom. The van der Waals surface area contributed by atoms with E-state index in [0.29, 0.717) is 5.69 Å². The summed E-state index contributed by atoms with van der Waals surface area (Å²) < 4.78 is 1.80. The molecule has 0 fully saturated rings. The number of nitrogens with zero attached hydrogens (tertiary/aromatic N) is 2. The van der Waals surface area contributed by atoms with Crippen LogP contribution in [0.2, 0.25) is 0 Å². The van der Waals surface area contributed by atoms with Crippen LogP contribution in [0.1, 0.15) is 19.5 Å². The van der Waals surface area contributed by atoms with Gasteiger partial charge in [-0.1, -0.05) is 13.8 Å². The highest BCUT2D eigenvalue weighted by Gasteiger charge is 2.33. The van der Waals surface area contributed by atoms with Crippen molar-refractivity contribution in [3.8, 4) is 0 Å². The van der Waals surface area contributed by atoms with Crippen LogP contribution in [0.15, 0.2) is 12.5 Å². The second kappa shape index (κ2) is 3.47. The van der Waals surface area contributed by atoms with Crippen LogP contribution < -0.4 is 5.73 Å². The lowest BCUT2D eigenvalue weighted by Gasteiger charge is -2.28. The summed E-state index contributed by atoms with van der Waals surface area (Å²) in [5.74, 6) is 0.0624.